The van der Waals surface area contributed by atoms with Gasteiger partial charge >= 0.3 is 213 Å². The van der Waals surface area contributed by atoms with Crippen molar-refractivity contribution >= 4 is 24.6 Å². The van der Waals surface area contributed by atoms with Gasteiger partial charge < -0.3 is 9.41 Å². The second-order valence-electron chi connectivity index (χ2n) is 9.01. The fourth-order valence-corrected chi connectivity index (χ4v) is 15.8. The van der Waals surface area contributed by atoms with Gasteiger partial charge in [0.15, 0.2) is 0 Å². The Morgan fingerprint density at radius 1 is 0.857 bits per heavy atom. The average Bonchev–Trinajstić information content (AvgIpc) is 3.46. The van der Waals surface area contributed by atoms with Gasteiger partial charge in [-0.05, 0) is 0 Å². The van der Waals surface area contributed by atoms with Gasteiger partial charge in [-0.25, -0.2) is 0 Å². The van der Waals surface area contributed by atoms with Gasteiger partial charge in [-0.3, -0.25) is 0 Å². The van der Waals surface area contributed by atoms with Crippen molar-refractivity contribution in [1.82, 2.24) is 0 Å². The number of fused-ring (bicyclic) bond motifs is 1. The first-order chi connectivity index (χ1) is 16.3. The zero-order chi connectivity index (χ0) is 22.6. The van der Waals surface area contributed by atoms with Crippen LogP contribution >= 0.6 is 7.92 Å². The van der Waals surface area contributed by atoms with Gasteiger partial charge in [0, 0.05) is 0 Å². The van der Waals surface area contributed by atoms with Crippen molar-refractivity contribution in [2.45, 2.75) is 36.8 Å². The first kappa shape index (κ1) is 27.6. The third-order valence-corrected chi connectivity index (χ3v) is 16.4. The maximum absolute atomic E-state index is 2.57. The van der Waals surface area contributed by atoms with Gasteiger partial charge in [0.1, 0.15) is 0 Å². The maximum atomic E-state index is 2.57. The molecule has 0 amide bonds. The molecule has 4 heteroatoms. The van der Waals surface area contributed by atoms with Crippen LogP contribution in [0.25, 0.3) is 6.08 Å². The van der Waals surface area contributed by atoms with Gasteiger partial charge in [-0.15, -0.1) is 0 Å². The van der Waals surface area contributed by atoms with E-state index < -0.39 is 30.8 Å². The van der Waals surface area contributed by atoms with Crippen LogP contribution in [0, 0.1) is 5.92 Å². The van der Waals surface area contributed by atoms with Gasteiger partial charge in [0.05, 0.1) is 0 Å². The monoisotopic (exact) mass is 652 g/mol. The Labute approximate surface area is 221 Å². The van der Waals surface area contributed by atoms with E-state index in [9.17, 15) is 0 Å². The minimum atomic E-state index is -1.14. The topological polar surface area (TPSA) is 0 Å². The number of hydrogen-bond acceptors (Lipinski definition) is 0. The van der Waals surface area contributed by atoms with Crippen LogP contribution in [0.15, 0.2) is 111 Å². The molecule has 0 radical (unpaired) electrons. The second-order valence-corrected chi connectivity index (χ2v) is 16.5. The summed E-state index contributed by atoms with van der Waals surface area (Å²) in [5, 5.41) is 4.64. The van der Waals surface area contributed by atoms with Crippen molar-refractivity contribution < 1.29 is 32.3 Å². The van der Waals surface area contributed by atoms with Crippen molar-refractivity contribution in [3.05, 3.63) is 122 Å². The van der Waals surface area contributed by atoms with Crippen LogP contribution in [-0.2, 0) is 22.9 Å². The maximum Gasteiger partial charge on any atom is -1.00 e. The summed E-state index contributed by atoms with van der Waals surface area (Å²) < 4.78 is 2.49. The van der Waals surface area contributed by atoms with E-state index in [1.807, 2.05) is 3.33 Å². The van der Waals surface area contributed by atoms with Crippen molar-refractivity contribution in [2.75, 3.05) is 0 Å². The van der Waals surface area contributed by atoms with E-state index in [4.69, 9.17) is 0 Å². The standard InChI is InChI=1S/C21H16P.C10H15.2FH.Hf/c1-3-11-19(12-4-1)22(20-13-5-2-6-14-20)21-15-17-9-7-8-10-18(17)16-21;1-3-6-9(2)10-7-4-5-8-10;;;/h1-16H;4,7,9H,3,5-6H2,1-2H3;2*1H;/q;;;;+2/p-2. The Kier molecular flexibility index (Phi) is 10.1. The summed E-state index contributed by atoms with van der Waals surface area (Å²) in [6.45, 7) is 4.76. The first-order valence-electron chi connectivity index (χ1n) is 12.1. The summed E-state index contributed by atoms with van der Waals surface area (Å²) in [5.41, 5.74) is 4.74. The van der Waals surface area contributed by atoms with Crippen LogP contribution in [0.4, 0.5) is 0 Å². The third kappa shape index (κ3) is 5.89. The summed E-state index contributed by atoms with van der Waals surface area (Å²) in [6, 6.07) is 31.7. The molecule has 2 aliphatic carbocycles. The van der Waals surface area contributed by atoms with Crippen molar-refractivity contribution in [1.29, 1.82) is 0 Å². The predicted octanol–water partition coefficient (Wildman–Crippen LogP) is 1.96. The van der Waals surface area contributed by atoms with Crippen molar-refractivity contribution in [2.24, 2.45) is 5.92 Å². The van der Waals surface area contributed by atoms with Crippen LogP contribution in [0.5, 0.6) is 0 Å². The minimum Gasteiger partial charge on any atom is -1.00 e. The zero-order valence-electron chi connectivity index (χ0n) is 20.3. The Bertz CT molecular complexity index is 1160. The largest absolute Gasteiger partial charge is 1.00 e. The van der Waals surface area contributed by atoms with Gasteiger partial charge in [-0.2, -0.15) is 0 Å². The van der Waals surface area contributed by atoms with E-state index in [0.717, 1.165) is 0 Å². The van der Waals surface area contributed by atoms with E-state index >= 15 is 0 Å². The van der Waals surface area contributed by atoms with Gasteiger partial charge in [0.25, 0.3) is 0 Å². The number of halogens is 2. The molecule has 3 aromatic carbocycles. The molecule has 0 bridgehead atoms. The smallest absolute Gasteiger partial charge is 1.00 e. The van der Waals surface area contributed by atoms with Crippen LogP contribution in [0.1, 0.15) is 47.9 Å². The molecule has 5 rings (SSSR count). The fraction of sp³-hybridized carbons (Fsp3) is 0.226. The van der Waals surface area contributed by atoms with Gasteiger partial charge in [0.2, 0.25) is 0 Å². The van der Waals surface area contributed by atoms with Crippen molar-refractivity contribution in [3.8, 4) is 0 Å². The molecule has 3 aromatic rings. The van der Waals surface area contributed by atoms with E-state index in [-0.39, 0.29) is 9.41 Å². The molecule has 0 heterocycles. The zero-order valence-corrected chi connectivity index (χ0v) is 24.8. The number of allylic oxidation sites excluding steroid dienone is 5. The van der Waals surface area contributed by atoms with E-state index in [1.165, 1.54) is 35.4 Å². The molecule has 0 nitrogen and oxygen atoms in total. The number of benzene rings is 3. The summed E-state index contributed by atoms with van der Waals surface area (Å²) in [7, 11) is -0.527. The SMILES string of the molecule is CCCC(C)C1=[C]([Hf+2][CH]2C(P(c3ccccc3)c3ccccc3)=Cc3ccccc32)CC=C1.[F-].[F-]. The molecule has 2 aliphatic rings. The third-order valence-electron chi connectivity index (χ3n) is 6.73. The molecule has 35 heavy (non-hydrogen) atoms. The molecular formula is C31H31F2HfP. The Hall–Kier alpha value is -1.96. The quantitative estimate of drug-likeness (QED) is 0.259. The van der Waals surface area contributed by atoms with Crippen LogP contribution in [-0.4, -0.2) is 0 Å². The van der Waals surface area contributed by atoms with Crippen LogP contribution in [0.2, 0.25) is 0 Å². The number of hydrogen-bond donors (Lipinski definition) is 0. The molecule has 0 aliphatic heterocycles. The Balaban J connectivity index is 0.00000171. The summed E-state index contributed by atoms with van der Waals surface area (Å²) >= 11 is -1.14. The normalized spacial score (nSPS) is 16.8. The molecule has 0 fully saturated rings. The molecule has 0 spiro atoms. The summed E-state index contributed by atoms with van der Waals surface area (Å²) in [4.78, 5) is 0. The van der Waals surface area contributed by atoms with Gasteiger partial charge in [-0.1, -0.05) is 0 Å². The van der Waals surface area contributed by atoms with E-state index in [1.54, 1.807) is 16.5 Å². The Morgan fingerprint density at radius 2 is 1.46 bits per heavy atom. The van der Waals surface area contributed by atoms with Crippen LogP contribution < -0.4 is 20.0 Å². The molecule has 0 N–H and O–H groups in total. The first-order valence-corrected chi connectivity index (χ1v) is 17.3. The molecular weight excluding hydrogens is 620 g/mol. The molecule has 0 saturated carbocycles. The van der Waals surface area contributed by atoms with E-state index in [0.29, 0.717) is 9.59 Å². The predicted molar refractivity (Wildman–Crippen MR) is 141 cm³/mol. The average molecular weight is 651 g/mol. The molecule has 178 valence electrons. The fourth-order valence-electron chi connectivity index (χ4n) is 5.14. The molecule has 2 unspecified atom stereocenters. The van der Waals surface area contributed by atoms with Crippen LogP contribution in [0.3, 0.4) is 0 Å². The minimum absolute atomic E-state index is 0. The molecule has 0 aromatic heterocycles. The molecule has 0 saturated heterocycles. The van der Waals surface area contributed by atoms with E-state index in [2.05, 4.69) is 117 Å². The summed E-state index contributed by atoms with van der Waals surface area (Å²) in [5.74, 6) is 0.699. The number of rotatable bonds is 8. The second kappa shape index (κ2) is 12.8. The molecule has 2 atom stereocenters. The Morgan fingerprint density at radius 3 is 2.09 bits per heavy atom. The summed E-state index contributed by atoms with van der Waals surface area (Å²) in [6.07, 6.45) is 11.2. The van der Waals surface area contributed by atoms with Crippen molar-refractivity contribution in [3.63, 3.8) is 0 Å².